The maximum atomic E-state index is 9.54. The van der Waals surface area contributed by atoms with Gasteiger partial charge in [-0.1, -0.05) is 6.42 Å². The normalized spacial score (nSPS) is 37.0. The quantitative estimate of drug-likeness (QED) is 0.717. The topological polar surface area (TPSA) is 49.5 Å². The molecule has 2 fully saturated rings. The third-order valence-electron chi connectivity index (χ3n) is 4.26. The molecule has 3 atom stereocenters. The Hall–Kier alpha value is -0.120. The first-order valence-electron chi connectivity index (χ1n) is 6.36. The van der Waals surface area contributed by atoms with E-state index in [2.05, 4.69) is 4.90 Å². The van der Waals surface area contributed by atoms with Crippen LogP contribution in [0, 0.1) is 5.92 Å². The van der Waals surface area contributed by atoms with E-state index >= 15 is 0 Å². The van der Waals surface area contributed by atoms with Crippen LogP contribution in [-0.2, 0) is 0 Å². The summed E-state index contributed by atoms with van der Waals surface area (Å²) < 4.78 is 0. The van der Waals surface area contributed by atoms with Crippen molar-refractivity contribution >= 4 is 0 Å². The first-order valence-corrected chi connectivity index (χ1v) is 6.36. The molecular weight excluding hydrogens is 188 g/mol. The van der Waals surface area contributed by atoms with E-state index in [0.717, 1.165) is 25.9 Å². The monoisotopic (exact) mass is 212 g/mol. The molecule has 0 bridgehead atoms. The van der Waals surface area contributed by atoms with Gasteiger partial charge in [-0.2, -0.15) is 0 Å². The second-order valence-electron chi connectivity index (χ2n) is 5.28. The highest BCUT2D eigenvalue weighted by atomic mass is 16.3. The first kappa shape index (κ1) is 11.4. The molecule has 3 N–H and O–H groups in total. The van der Waals surface area contributed by atoms with Crippen molar-refractivity contribution in [3.05, 3.63) is 0 Å². The predicted octanol–water partition coefficient (Wildman–Crippen LogP) is 0.959. The van der Waals surface area contributed by atoms with Gasteiger partial charge in [0.2, 0.25) is 0 Å². The zero-order chi connectivity index (χ0) is 10.8. The molecule has 1 saturated carbocycles. The van der Waals surface area contributed by atoms with Crippen molar-refractivity contribution in [3.8, 4) is 0 Å². The van der Waals surface area contributed by atoms with Crippen LogP contribution >= 0.6 is 0 Å². The van der Waals surface area contributed by atoms with Gasteiger partial charge in [-0.3, -0.25) is 4.90 Å². The highest BCUT2D eigenvalue weighted by molar-refractivity contribution is 4.90. The summed E-state index contributed by atoms with van der Waals surface area (Å²) >= 11 is 0. The minimum absolute atomic E-state index is 0.135. The summed E-state index contributed by atoms with van der Waals surface area (Å²) in [6, 6.07) is 1.02. The second-order valence-corrected chi connectivity index (χ2v) is 5.28. The number of aliphatic hydroxyl groups excluding tert-OH is 1. The Morgan fingerprint density at radius 3 is 2.33 bits per heavy atom. The van der Waals surface area contributed by atoms with Crippen LogP contribution in [0.5, 0.6) is 0 Å². The van der Waals surface area contributed by atoms with Gasteiger partial charge in [-0.25, -0.2) is 0 Å². The molecule has 0 aromatic heterocycles. The van der Waals surface area contributed by atoms with Gasteiger partial charge in [-0.15, -0.1) is 0 Å². The van der Waals surface area contributed by atoms with Crippen LogP contribution in [0.3, 0.4) is 0 Å². The molecule has 3 heteroatoms. The fourth-order valence-corrected chi connectivity index (χ4v) is 3.16. The van der Waals surface area contributed by atoms with Crippen molar-refractivity contribution < 1.29 is 5.11 Å². The summed E-state index contributed by atoms with van der Waals surface area (Å²) in [5, 5.41) is 9.54. The lowest BCUT2D eigenvalue weighted by Gasteiger charge is -2.38. The average molecular weight is 212 g/mol. The fourth-order valence-electron chi connectivity index (χ4n) is 3.16. The van der Waals surface area contributed by atoms with Gasteiger partial charge in [0.1, 0.15) is 0 Å². The molecular formula is C12H24N2O. The number of aliphatic hydroxyl groups is 1. The van der Waals surface area contributed by atoms with Crippen LogP contribution in [0.4, 0.5) is 0 Å². The molecule has 2 rings (SSSR count). The Labute approximate surface area is 92.6 Å². The fraction of sp³-hybridized carbons (Fsp3) is 1.00. The predicted molar refractivity (Wildman–Crippen MR) is 61.6 cm³/mol. The minimum atomic E-state index is -0.135. The van der Waals surface area contributed by atoms with Crippen LogP contribution in [0.25, 0.3) is 0 Å². The van der Waals surface area contributed by atoms with Crippen molar-refractivity contribution in [1.82, 2.24) is 4.90 Å². The molecule has 0 spiro atoms. The molecule has 1 aliphatic carbocycles. The Morgan fingerprint density at radius 1 is 1.20 bits per heavy atom. The maximum absolute atomic E-state index is 9.54. The van der Waals surface area contributed by atoms with Crippen molar-refractivity contribution in [1.29, 1.82) is 0 Å². The molecule has 0 amide bonds. The zero-order valence-corrected chi connectivity index (χ0v) is 9.73. The molecule has 1 aliphatic heterocycles. The lowest BCUT2D eigenvalue weighted by Crippen LogP contribution is -2.48. The van der Waals surface area contributed by atoms with E-state index in [1.165, 1.54) is 19.3 Å². The number of hydrogen-bond donors (Lipinski definition) is 2. The number of piperidine rings is 1. The molecule has 0 aromatic carbocycles. The molecule has 0 aromatic rings. The summed E-state index contributed by atoms with van der Waals surface area (Å²) in [7, 11) is 0. The number of likely N-dealkylation sites (tertiary alicyclic amines) is 1. The molecule has 1 saturated heterocycles. The van der Waals surface area contributed by atoms with Gasteiger partial charge in [0.15, 0.2) is 0 Å². The molecule has 88 valence electrons. The molecule has 3 nitrogen and oxygen atoms in total. The largest absolute Gasteiger partial charge is 0.393 e. The lowest BCUT2D eigenvalue weighted by molar-refractivity contribution is 0.0540. The van der Waals surface area contributed by atoms with Crippen molar-refractivity contribution in [3.63, 3.8) is 0 Å². The number of nitrogens with zero attached hydrogens (tertiary/aromatic N) is 1. The van der Waals surface area contributed by atoms with E-state index in [1.807, 2.05) is 6.92 Å². The zero-order valence-electron chi connectivity index (χ0n) is 9.73. The van der Waals surface area contributed by atoms with E-state index < -0.39 is 0 Å². The molecule has 15 heavy (non-hydrogen) atoms. The Kier molecular flexibility index (Phi) is 3.65. The molecule has 1 heterocycles. The molecule has 2 aliphatic rings. The highest BCUT2D eigenvalue weighted by Crippen LogP contribution is 2.28. The van der Waals surface area contributed by atoms with Gasteiger partial charge in [0, 0.05) is 12.1 Å². The number of rotatable bonds is 2. The minimum Gasteiger partial charge on any atom is -0.393 e. The summed E-state index contributed by atoms with van der Waals surface area (Å²) in [4.78, 5) is 2.55. The molecule has 0 radical (unpaired) electrons. The summed E-state index contributed by atoms with van der Waals surface area (Å²) in [5.41, 5.74) is 6.11. The van der Waals surface area contributed by atoms with Gasteiger partial charge in [0.05, 0.1) is 6.10 Å². The number of hydrogen-bond acceptors (Lipinski definition) is 3. The van der Waals surface area contributed by atoms with Gasteiger partial charge in [-0.05, 0) is 51.6 Å². The van der Waals surface area contributed by atoms with E-state index in [4.69, 9.17) is 5.73 Å². The standard InChI is InChI=1S/C12H24N2O/c1-9(15)10-5-7-14(8-6-10)12-4-2-3-11(12)13/h9-12,15H,2-8,13H2,1H3. The van der Waals surface area contributed by atoms with Crippen molar-refractivity contribution in [2.24, 2.45) is 11.7 Å². The number of nitrogens with two attached hydrogens (primary N) is 1. The van der Waals surface area contributed by atoms with Crippen LogP contribution in [-0.4, -0.2) is 41.3 Å². The van der Waals surface area contributed by atoms with Crippen LogP contribution in [0.1, 0.15) is 39.0 Å². The Bertz CT molecular complexity index is 200. The molecule has 3 unspecified atom stereocenters. The summed E-state index contributed by atoms with van der Waals surface area (Å²) in [5.74, 6) is 0.513. The lowest BCUT2D eigenvalue weighted by atomic mass is 9.91. The third kappa shape index (κ3) is 2.52. The van der Waals surface area contributed by atoms with Crippen LogP contribution in [0.2, 0.25) is 0 Å². The van der Waals surface area contributed by atoms with E-state index in [9.17, 15) is 5.11 Å². The average Bonchev–Trinajstić information content (AvgIpc) is 2.65. The van der Waals surface area contributed by atoms with E-state index in [-0.39, 0.29) is 6.10 Å². The Balaban J connectivity index is 1.82. The van der Waals surface area contributed by atoms with Gasteiger partial charge < -0.3 is 10.8 Å². The smallest absolute Gasteiger partial charge is 0.0541 e. The van der Waals surface area contributed by atoms with Crippen LogP contribution < -0.4 is 5.73 Å². The second kappa shape index (κ2) is 4.81. The summed E-state index contributed by atoms with van der Waals surface area (Å²) in [6.45, 7) is 4.18. The Morgan fingerprint density at radius 2 is 1.87 bits per heavy atom. The first-order chi connectivity index (χ1) is 7.18. The van der Waals surface area contributed by atoms with E-state index in [0.29, 0.717) is 18.0 Å². The summed E-state index contributed by atoms with van der Waals surface area (Å²) in [6.07, 6.45) is 5.91. The van der Waals surface area contributed by atoms with Crippen molar-refractivity contribution in [2.45, 2.75) is 57.2 Å². The van der Waals surface area contributed by atoms with Crippen molar-refractivity contribution in [2.75, 3.05) is 13.1 Å². The van der Waals surface area contributed by atoms with E-state index in [1.54, 1.807) is 0 Å². The van der Waals surface area contributed by atoms with Gasteiger partial charge >= 0.3 is 0 Å². The van der Waals surface area contributed by atoms with Gasteiger partial charge in [0.25, 0.3) is 0 Å². The SMILES string of the molecule is CC(O)C1CCN(C2CCCC2N)CC1. The maximum Gasteiger partial charge on any atom is 0.0541 e. The van der Waals surface area contributed by atoms with Crippen LogP contribution in [0.15, 0.2) is 0 Å². The third-order valence-corrected chi connectivity index (χ3v) is 4.26. The highest BCUT2D eigenvalue weighted by Gasteiger charge is 2.32.